The zero-order chi connectivity index (χ0) is 16.5. The first-order valence-electron chi connectivity index (χ1n) is 7.06. The molecule has 0 bridgehead atoms. The van der Waals surface area contributed by atoms with Crippen LogP contribution in [0.4, 0.5) is 5.82 Å². The van der Waals surface area contributed by atoms with Gasteiger partial charge >= 0.3 is 0 Å². The monoisotopic (exact) mass is 314 g/mol. The molecule has 7 nitrogen and oxygen atoms in total. The average Bonchev–Trinajstić information content (AvgIpc) is 2.60. The van der Waals surface area contributed by atoms with Gasteiger partial charge in [-0.3, -0.25) is 15.0 Å². The first-order chi connectivity index (χ1) is 11.2. The molecule has 0 aliphatic carbocycles. The van der Waals surface area contributed by atoms with E-state index in [1.165, 1.54) is 17.8 Å². The van der Waals surface area contributed by atoms with E-state index in [0.29, 0.717) is 18.1 Å². The molecule has 0 aliphatic heterocycles. The number of ether oxygens (including phenoxy) is 1. The van der Waals surface area contributed by atoms with Gasteiger partial charge in [0.1, 0.15) is 18.2 Å². The predicted molar refractivity (Wildman–Crippen MR) is 86.0 cm³/mol. The quantitative estimate of drug-likeness (QED) is 0.410. The Morgan fingerprint density at radius 1 is 1.30 bits per heavy atom. The minimum Gasteiger partial charge on any atom is -0.491 e. The molecule has 1 aromatic carbocycles. The van der Waals surface area contributed by atoms with Crippen LogP contribution in [0.5, 0.6) is 5.75 Å². The van der Waals surface area contributed by atoms with E-state index < -0.39 is 5.91 Å². The van der Waals surface area contributed by atoms with Crippen molar-refractivity contribution in [2.75, 3.05) is 11.9 Å². The first-order valence-corrected chi connectivity index (χ1v) is 7.06. The molecule has 0 spiro atoms. The molecular weight excluding hydrogens is 296 g/mol. The Hall–Kier alpha value is -2.93. The van der Waals surface area contributed by atoms with E-state index in [0.717, 1.165) is 11.8 Å². The van der Waals surface area contributed by atoms with E-state index in [-0.39, 0.29) is 6.04 Å². The second kappa shape index (κ2) is 8.50. The fraction of sp³-hybridized carbons (Fsp3) is 0.188. The number of nitrogens with one attached hydrogen (secondary N) is 2. The van der Waals surface area contributed by atoms with E-state index in [1.54, 1.807) is 6.20 Å². The number of hydroxylamine groups is 1. The Balaban J connectivity index is 1.83. The molecule has 0 aliphatic rings. The third-order valence-corrected chi connectivity index (χ3v) is 2.82. The number of amides is 1. The lowest BCUT2D eigenvalue weighted by Crippen LogP contribution is -2.24. The van der Waals surface area contributed by atoms with Gasteiger partial charge in [-0.05, 0) is 25.1 Å². The summed E-state index contributed by atoms with van der Waals surface area (Å²) >= 11 is 0. The zero-order valence-corrected chi connectivity index (χ0v) is 12.6. The summed E-state index contributed by atoms with van der Waals surface area (Å²) in [5, 5.41) is 11.6. The Labute approximate surface area is 134 Å². The lowest BCUT2D eigenvalue weighted by molar-refractivity contribution is -0.124. The first kappa shape index (κ1) is 16.4. The van der Waals surface area contributed by atoms with Crippen LogP contribution in [0.15, 0.2) is 48.8 Å². The number of carbonyl (C=O) groups is 1. The van der Waals surface area contributed by atoms with Crippen LogP contribution in [0.2, 0.25) is 0 Å². The van der Waals surface area contributed by atoms with Gasteiger partial charge in [-0.2, -0.15) is 0 Å². The fourth-order valence-corrected chi connectivity index (χ4v) is 1.73. The van der Waals surface area contributed by atoms with Gasteiger partial charge < -0.3 is 10.1 Å². The number of rotatable bonds is 7. The second-order valence-corrected chi connectivity index (χ2v) is 4.81. The highest BCUT2D eigenvalue weighted by atomic mass is 16.5. The number of anilines is 1. The lowest BCUT2D eigenvalue weighted by atomic mass is 10.3. The van der Waals surface area contributed by atoms with Crippen molar-refractivity contribution in [2.24, 2.45) is 0 Å². The Morgan fingerprint density at radius 3 is 2.74 bits per heavy atom. The van der Waals surface area contributed by atoms with Gasteiger partial charge in [0.15, 0.2) is 0 Å². The summed E-state index contributed by atoms with van der Waals surface area (Å²) in [4.78, 5) is 19.2. The van der Waals surface area contributed by atoms with Crippen LogP contribution in [0, 0.1) is 0 Å². The number of benzene rings is 1. The van der Waals surface area contributed by atoms with Crippen molar-refractivity contribution in [3.8, 4) is 5.75 Å². The number of nitrogens with zero attached hydrogens (tertiary/aromatic N) is 2. The Bertz CT molecular complexity index is 644. The fourth-order valence-electron chi connectivity index (χ4n) is 1.73. The Morgan fingerprint density at radius 2 is 2.09 bits per heavy atom. The molecule has 23 heavy (non-hydrogen) atoms. The SMILES string of the molecule is C[C@H](COc1ccccc1)Nc1cnc(C=CC(=O)NO)cn1. The number of carbonyl (C=O) groups excluding carboxylic acids is 1. The van der Waals surface area contributed by atoms with Gasteiger partial charge in [0, 0.05) is 6.08 Å². The topological polar surface area (TPSA) is 96.4 Å². The summed E-state index contributed by atoms with van der Waals surface area (Å²) in [5.74, 6) is 0.800. The summed E-state index contributed by atoms with van der Waals surface area (Å²) in [7, 11) is 0. The molecule has 7 heteroatoms. The van der Waals surface area contributed by atoms with Crippen molar-refractivity contribution in [3.63, 3.8) is 0 Å². The van der Waals surface area contributed by atoms with E-state index in [2.05, 4.69) is 15.3 Å². The molecular formula is C16H18N4O3. The third-order valence-electron chi connectivity index (χ3n) is 2.82. The third kappa shape index (κ3) is 5.76. The van der Waals surface area contributed by atoms with E-state index in [1.807, 2.05) is 37.3 Å². The Kier molecular flexibility index (Phi) is 6.07. The molecule has 0 radical (unpaired) electrons. The van der Waals surface area contributed by atoms with Gasteiger partial charge in [-0.15, -0.1) is 0 Å². The summed E-state index contributed by atoms with van der Waals surface area (Å²) in [6, 6.07) is 9.62. The molecule has 0 fully saturated rings. The highest BCUT2D eigenvalue weighted by Crippen LogP contribution is 2.10. The van der Waals surface area contributed by atoms with Crippen LogP contribution in [-0.4, -0.2) is 33.7 Å². The van der Waals surface area contributed by atoms with Crippen molar-refractivity contribution in [3.05, 3.63) is 54.5 Å². The standard InChI is InChI=1S/C16H18N4O3/c1-12(11-23-14-5-3-2-4-6-14)19-15-10-17-13(9-18-15)7-8-16(21)20-22/h2-10,12,22H,11H2,1H3,(H,18,19)(H,20,21)/t12-/m1/s1. The highest BCUT2D eigenvalue weighted by molar-refractivity contribution is 5.90. The van der Waals surface area contributed by atoms with E-state index in [4.69, 9.17) is 9.94 Å². The largest absolute Gasteiger partial charge is 0.491 e. The van der Waals surface area contributed by atoms with Crippen LogP contribution in [0.1, 0.15) is 12.6 Å². The van der Waals surface area contributed by atoms with Gasteiger partial charge in [-0.25, -0.2) is 10.5 Å². The summed E-state index contributed by atoms with van der Waals surface area (Å²) in [6.45, 7) is 2.47. The van der Waals surface area contributed by atoms with Gasteiger partial charge in [-0.1, -0.05) is 18.2 Å². The molecule has 2 rings (SSSR count). The molecule has 1 aromatic heterocycles. The van der Waals surface area contributed by atoms with Crippen LogP contribution >= 0.6 is 0 Å². The van der Waals surface area contributed by atoms with Crippen molar-refractivity contribution >= 4 is 17.8 Å². The minimum absolute atomic E-state index is 0.0473. The summed E-state index contributed by atoms with van der Waals surface area (Å²) in [5.41, 5.74) is 2.01. The smallest absolute Gasteiger partial charge is 0.267 e. The van der Waals surface area contributed by atoms with Crippen molar-refractivity contribution in [1.29, 1.82) is 0 Å². The molecule has 2 aromatic rings. The van der Waals surface area contributed by atoms with Gasteiger partial charge in [0.25, 0.3) is 5.91 Å². The molecule has 1 heterocycles. The summed E-state index contributed by atoms with van der Waals surface area (Å²) < 4.78 is 5.65. The van der Waals surface area contributed by atoms with Gasteiger partial charge in [0.2, 0.25) is 0 Å². The highest BCUT2D eigenvalue weighted by Gasteiger charge is 2.04. The minimum atomic E-state index is -0.624. The molecule has 1 amide bonds. The molecule has 3 N–H and O–H groups in total. The van der Waals surface area contributed by atoms with Crippen LogP contribution in [-0.2, 0) is 4.79 Å². The number of hydrogen-bond acceptors (Lipinski definition) is 6. The molecule has 0 saturated heterocycles. The maximum Gasteiger partial charge on any atom is 0.267 e. The lowest BCUT2D eigenvalue weighted by Gasteiger charge is -2.15. The predicted octanol–water partition coefficient (Wildman–Crippen LogP) is 1.87. The molecule has 120 valence electrons. The van der Waals surface area contributed by atoms with Gasteiger partial charge in [0.05, 0.1) is 24.1 Å². The second-order valence-electron chi connectivity index (χ2n) is 4.81. The molecule has 0 saturated carbocycles. The zero-order valence-electron chi connectivity index (χ0n) is 12.6. The molecule has 0 unspecified atom stereocenters. The number of hydrogen-bond donors (Lipinski definition) is 3. The summed E-state index contributed by atoms with van der Waals surface area (Å²) in [6.07, 6.45) is 5.70. The number of aromatic nitrogens is 2. The van der Waals surface area contributed by atoms with Crippen molar-refractivity contribution in [1.82, 2.24) is 15.4 Å². The van der Waals surface area contributed by atoms with E-state index in [9.17, 15) is 4.79 Å². The van der Waals surface area contributed by atoms with Crippen LogP contribution in [0.3, 0.4) is 0 Å². The van der Waals surface area contributed by atoms with Crippen LogP contribution in [0.25, 0.3) is 6.08 Å². The average molecular weight is 314 g/mol. The van der Waals surface area contributed by atoms with Crippen molar-refractivity contribution in [2.45, 2.75) is 13.0 Å². The normalized spacial score (nSPS) is 11.9. The van der Waals surface area contributed by atoms with Crippen LogP contribution < -0.4 is 15.5 Å². The van der Waals surface area contributed by atoms with Crippen molar-refractivity contribution < 1.29 is 14.7 Å². The van der Waals surface area contributed by atoms with E-state index >= 15 is 0 Å². The maximum absolute atomic E-state index is 10.9. The number of para-hydroxylation sites is 1. The molecule has 1 atom stereocenters. The maximum atomic E-state index is 10.9.